The van der Waals surface area contributed by atoms with Crippen LogP contribution in [0.1, 0.15) is 90.9 Å². The van der Waals surface area contributed by atoms with Gasteiger partial charge in [-0.1, -0.05) is 78.1 Å². The molecule has 0 aromatic heterocycles. The van der Waals surface area contributed by atoms with Gasteiger partial charge in [0, 0.05) is 0 Å². The van der Waals surface area contributed by atoms with E-state index in [9.17, 15) is 4.79 Å². The van der Waals surface area contributed by atoms with Crippen LogP contribution in [0.25, 0.3) is 0 Å². The summed E-state index contributed by atoms with van der Waals surface area (Å²) in [6.45, 7) is 4.83. The molecule has 0 aromatic rings. The van der Waals surface area contributed by atoms with Crippen LogP contribution in [-0.2, 0) is 4.74 Å². The second-order valence-corrected chi connectivity index (χ2v) is 5.85. The summed E-state index contributed by atoms with van der Waals surface area (Å²) in [6.07, 6.45) is 13.9. The van der Waals surface area contributed by atoms with E-state index in [1.165, 1.54) is 64.2 Å². The first-order chi connectivity index (χ1) is 9.70. The van der Waals surface area contributed by atoms with Gasteiger partial charge in [0.1, 0.15) is 0 Å². The van der Waals surface area contributed by atoms with E-state index in [1.807, 2.05) is 0 Å². The number of rotatable bonds is 14. The topological polar surface area (TPSA) is 46.5 Å². The SMILES string of the molecule is CCCCCCCCC(CCCCCC)COC(=O)O.[LiH]. The molecule has 1 atom stereocenters. The molecular weight excluding hydrogens is 259 g/mol. The van der Waals surface area contributed by atoms with Crippen molar-refractivity contribution < 1.29 is 14.6 Å². The van der Waals surface area contributed by atoms with Crippen molar-refractivity contribution in [2.45, 2.75) is 90.9 Å². The fourth-order valence-corrected chi connectivity index (χ4v) is 2.57. The first-order valence-corrected chi connectivity index (χ1v) is 8.56. The zero-order chi connectivity index (χ0) is 15.1. The van der Waals surface area contributed by atoms with E-state index in [1.54, 1.807) is 0 Å². The molecule has 4 heteroatoms. The second kappa shape index (κ2) is 17.9. The van der Waals surface area contributed by atoms with Gasteiger partial charge < -0.3 is 9.84 Å². The number of hydrogen-bond donors (Lipinski definition) is 1. The molecule has 0 radical (unpaired) electrons. The third kappa shape index (κ3) is 17.8. The maximum atomic E-state index is 10.5. The zero-order valence-electron chi connectivity index (χ0n) is 13.5. The molecule has 0 aliphatic heterocycles. The van der Waals surface area contributed by atoms with E-state index in [-0.39, 0.29) is 18.9 Å². The molecule has 0 spiro atoms. The molecule has 0 amide bonds. The molecular formula is C17H35LiO3. The van der Waals surface area contributed by atoms with E-state index in [0.29, 0.717) is 12.5 Å². The molecule has 0 aliphatic carbocycles. The first-order valence-electron chi connectivity index (χ1n) is 8.56. The summed E-state index contributed by atoms with van der Waals surface area (Å²) < 4.78 is 4.77. The predicted molar refractivity (Wildman–Crippen MR) is 91.4 cm³/mol. The van der Waals surface area contributed by atoms with Crippen molar-refractivity contribution in [3.8, 4) is 0 Å². The van der Waals surface area contributed by atoms with Gasteiger partial charge in [-0.2, -0.15) is 0 Å². The normalized spacial score (nSPS) is 11.7. The monoisotopic (exact) mass is 294 g/mol. The minimum absolute atomic E-state index is 0. The van der Waals surface area contributed by atoms with Gasteiger partial charge in [-0.15, -0.1) is 0 Å². The van der Waals surface area contributed by atoms with Gasteiger partial charge in [-0.3, -0.25) is 0 Å². The summed E-state index contributed by atoms with van der Waals surface area (Å²) in [5.74, 6) is 0.425. The molecule has 0 fully saturated rings. The Hall–Kier alpha value is -0.133. The van der Waals surface area contributed by atoms with Crippen LogP contribution in [0.4, 0.5) is 4.79 Å². The number of hydrogen-bond acceptors (Lipinski definition) is 2. The third-order valence-corrected chi connectivity index (χ3v) is 3.87. The molecule has 0 rings (SSSR count). The molecule has 0 bridgehead atoms. The fourth-order valence-electron chi connectivity index (χ4n) is 2.57. The average Bonchev–Trinajstić information content (AvgIpc) is 2.43. The Morgan fingerprint density at radius 3 is 1.76 bits per heavy atom. The van der Waals surface area contributed by atoms with Gasteiger partial charge in [0.15, 0.2) is 0 Å². The molecule has 0 aliphatic rings. The molecule has 1 N–H and O–H groups in total. The predicted octanol–water partition coefficient (Wildman–Crippen LogP) is 5.37. The van der Waals surface area contributed by atoms with Crippen molar-refractivity contribution >= 4 is 25.0 Å². The van der Waals surface area contributed by atoms with Gasteiger partial charge in [-0.05, 0) is 18.8 Å². The minimum atomic E-state index is -1.13. The van der Waals surface area contributed by atoms with Crippen LogP contribution in [0.5, 0.6) is 0 Å². The Morgan fingerprint density at radius 1 is 0.857 bits per heavy atom. The molecule has 0 saturated carbocycles. The Labute approximate surface area is 143 Å². The number of unbranched alkanes of at least 4 members (excludes halogenated alkanes) is 8. The molecule has 3 nitrogen and oxygen atoms in total. The van der Waals surface area contributed by atoms with Crippen LogP contribution in [0, 0.1) is 5.92 Å². The Balaban J connectivity index is 0. The quantitative estimate of drug-likeness (QED) is 0.266. The summed E-state index contributed by atoms with van der Waals surface area (Å²) in [7, 11) is 0. The Bertz CT molecular complexity index is 222. The van der Waals surface area contributed by atoms with Crippen molar-refractivity contribution in [3.63, 3.8) is 0 Å². The molecule has 122 valence electrons. The molecule has 1 unspecified atom stereocenters. The summed E-state index contributed by atoms with van der Waals surface area (Å²) >= 11 is 0. The second-order valence-electron chi connectivity index (χ2n) is 5.85. The van der Waals surface area contributed by atoms with Crippen LogP contribution in [0.15, 0.2) is 0 Å². The summed E-state index contributed by atoms with van der Waals surface area (Å²) in [6, 6.07) is 0. The number of carbonyl (C=O) groups is 1. The standard InChI is InChI=1S/C17H34O3.Li.H/c1-3-5-7-9-10-12-14-16(15-20-17(18)19)13-11-8-6-4-2;;/h16H,3-15H2,1-2H3,(H,18,19);;. The van der Waals surface area contributed by atoms with Crippen LogP contribution in [0.2, 0.25) is 0 Å². The molecule has 21 heavy (non-hydrogen) atoms. The van der Waals surface area contributed by atoms with E-state index < -0.39 is 6.16 Å². The van der Waals surface area contributed by atoms with Crippen molar-refractivity contribution in [1.29, 1.82) is 0 Å². The van der Waals surface area contributed by atoms with E-state index in [2.05, 4.69) is 13.8 Å². The van der Waals surface area contributed by atoms with Gasteiger partial charge in [0.2, 0.25) is 0 Å². The summed E-state index contributed by atoms with van der Waals surface area (Å²) in [4.78, 5) is 10.5. The first kappa shape index (κ1) is 23.1. The molecule has 0 aromatic carbocycles. The zero-order valence-corrected chi connectivity index (χ0v) is 13.5. The molecule has 0 heterocycles. The van der Waals surface area contributed by atoms with Gasteiger partial charge in [0.05, 0.1) is 6.61 Å². The van der Waals surface area contributed by atoms with Crippen LogP contribution in [0.3, 0.4) is 0 Å². The van der Waals surface area contributed by atoms with Crippen molar-refractivity contribution in [1.82, 2.24) is 0 Å². The summed E-state index contributed by atoms with van der Waals surface area (Å²) in [5, 5.41) is 8.62. The van der Waals surface area contributed by atoms with E-state index in [4.69, 9.17) is 9.84 Å². The third-order valence-electron chi connectivity index (χ3n) is 3.87. The van der Waals surface area contributed by atoms with Gasteiger partial charge in [0.25, 0.3) is 0 Å². The van der Waals surface area contributed by atoms with Crippen molar-refractivity contribution in [2.75, 3.05) is 6.61 Å². The Kier molecular flexibility index (Phi) is 19.7. The Morgan fingerprint density at radius 2 is 1.29 bits per heavy atom. The maximum absolute atomic E-state index is 10.5. The van der Waals surface area contributed by atoms with Crippen LogP contribution < -0.4 is 0 Å². The van der Waals surface area contributed by atoms with Gasteiger partial charge >= 0.3 is 25.0 Å². The van der Waals surface area contributed by atoms with E-state index in [0.717, 1.165) is 12.8 Å². The van der Waals surface area contributed by atoms with Crippen molar-refractivity contribution in [3.05, 3.63) is 0 Å². The molecule has 0 saturated heterocycles. The summed E-state index contributed by atoms with van der Waals surface area (Å²) in [5.41, 5.74) is 0. The average molecular weight is 294 g/mol. The van der Waals surface area contributed by atoms with Gasteiger partial charge in [-0.25, -0.2) is 4.79 Å². The van der Waals surface area contributed by atoms with Crippen molar-refractivity contribution in [2.24, 2.45) is 5.92 Å². The number of carboxylic acid groups (broad SMARTS) is 1. The van der Waals surface area contributed by atoms with Crippen LogP contribution >= 0.6 is 0 Å². The van der Waals surface area contributed by atoms with Crippen LogP contribution in [-0.4, -0.2) is 36.7 Å². The fraction of sp³-hybridized carbons (Fsp3) is 0.941. The van der Waals surface area contributed by atoms with E-state index >= 15 is 0 Å². The number of ether oxygens (including phenoxy) is 1.